The van der Waals surface area contributed by atoms with Crippen LogP contribution in [0.3, 0.4) is 0 Å². The molecule has 1 N–H and O–H groups in total. The smallest absolute Gasteiger partial charge is 0.294 e. The van der Waals surface area contributed by atoms with Gasteiger partial charge in [0.25, 0.3) is 5.69 Å². The van der Waals surface area contributed by atoms with Crippen LogP contribution in [0, 0.1) is 21.4 Å². The molecular weight excluding hydrogens is 300 g/mol. The number of ether oxygens (including phenoxy) is 1. The lowest BCUT2D eigenvalue weighted by Crippen LogP contribution is -2.45. The van der Waals surface area contributed by atoms with Gasteiger partial charge in [0.1, 0.15) is 12.1 Å². The summed E-state index contributed by atoms with van der Waals surface area (Å²) in [5.41, 5.74) is 0.714. The van der Waals surface area contributed by atoms with Gasteiger partial charge in [-0.15, -0.1) is 0 Å². The molecule has 1 aromatic carbocycles. The SMILES string of the molecule is CC1CN(c2ccc(NC(=O)CC#N)cc2[N+](=O)[O-])CC(C)O1. The second-order valence-electron chi connectivity index (χ2n) is 5.51. The number of rotatable bonds is 4. The number of carbonyl (C=O) groups is 1. The molecule has 0 bridgehead atoms. The van der Waals surface area contributed by atoms with E-state index in [1.165, 1.54) is 6.07 Å². The average Bonchev–Trinajstić information content (AvgIpc) is 2.46. The van der Waals surface area contributed by atoms with Gasteiger partial charge in [0, 0.05) is 24.8 Å². The molecule has 8 nitrogen and oxygen atoms in total. The van der Waals surface area contributed by atoms with E-state index in [1.807, 2.05) is 18.7 Å². The highest BCUT2D eigenvalue weighted by Crippen LogP contribution is 2.33. The number of nitro benzene ring substituents is 1. The van der Waals surface area contributed by atoms with Crippen molar-refractivity contribution in [3.63, 3.8) is 0 Å². The van der Waals surface area contributed by atoms with E-state index in [0.29, 0.717) is 24.5 Å². The molecule has 1 saturated heterocycles. The molecule has 8 heteroatoms. The van der Waals surface area contributed by atoms with E-state index in [1.54, 1.807) is 18.2 Å². The zero-order valence-corrected chi connectivity index (χ0v) is 13.0. The molecule has 1 aromatic rings. The fraction of sp³-hybridized carbons (Fsp3) is 0.467. The Kier molecular flexibility index (Phi) is 5.13. The Morgan fingerprint density at radius 3 is 2.70 bits per heavy atom. The van der Waals surface area contributed by atoms with Gasteiger partial charge in [-0.3, -0.25) is 14.9 Å². The first-order valence-electron chi connectivity index (χ1n) is 7.26. The van der Waals surface area contributed by atoms with Crippen molar-refractivity contribution < 1.29 is 14.5 Å². The standard InChI is InChI=1S/C15H18N4O4/c1-10-8-18(9-11(2)23-10)13-4-3-12(7-14(13)19(21)22)17-15(20)5-6-16/h3-4,7,10-11H,5,8-9H2,1-2H3,(H,17,20). The molecule has 23 heavy (non-hydrogen) atoms. The Hall–Kier alpha value is -2.66. The summed E-state index contributed by atoms with van der Waals surface area (Å²) in [6, 6.07) is 6.26. The summed E-state index contributed by atoms with van der Waals surface area (Å²) < 4.78 is 5.64. The molecule has 2 rings (SSSR count). The molecule has 2 atom stereocenters. The third-order valence-electron chi connectivity index (χ3n) is 3.46. The highest BCUT2D eigenvalue weighted by molar-refractivity contribution is 5.92. The van der Waals surface area contributed by atoms with Crippen molar-refractivity contribution in [2.45, 2.75) is 32.5 Å². The molecule has 2 unspecified atom stereocenters. The van der Waals surface area contributed by atoms with Gasteiger partial charge >= 0.3 is 0 Å². The molecular formula is C15H18N4O4. The van der Waals surface area contributed by atoms with E-state index >= 15 is 0 Å². The fourth-order valence-corrected chi connectivity index (χ4v) is 2.67. The monoisotopic (exact) mass is 318 g/mol. The van der Waals surface area contributed by atoms with Gasteiger partial charge < -0.3 is 15.0 Å². The summed E-state index contributed by atoms with van der Waals surface area (Å²) in [7, 11) is 0. The molecule has 1 heterocycles. The van der Waals surface area contributed by atoms with E-state index in [2.05, 4.69) is 5.32 Å². The Balaban J connectivity index is 2.28. The third kappa shape index (κ3) is 4.17. The molecule has 0 aliphatic carbocycles. The topological polar surface area (TPSA) is 109 Å². The molecule has 0 aromatic heterocycles. The maximum atomic E-state index is 11.4. The van der Waals surface area contributed by atoms with Gasteiger partial charge in [-0.25, -0.2) is 0 Å². The zero-order valence-electron chi connectivity index (χ0n) is 13.0. The number of nitriles is 1. The van der Waals surface area contributed by atoms with Crippen LogP contribution in [-0.4, -0.2) is 36.1 Å². The molecule has 1 fully saturated rings. The van der Waals surface area contributed by atoms with E-state index in [-0.39, 0.29) is 24.3 Å². The highest BCUT2D eigenvalue weighted by atomic mass is 16.6. The summed E-state index contributed by atoms with van der Waals surface area (Å²) in [5.74, 6) is -0.497. The zero-order chi connectivity index (χ0) is 17.0. The van der Waals surface area contributed by atoms with Gasteiger partial charge in [0.2, 0.25) is 5.91 Å². The quantitative estimate of drug-likeness (QED) is 0.672. The van der Waals surface area contributed by atoms with E-state index < -0.39 is 10.8 Å². The minimum absolute atomic E-state index is 0.0200. The van der Waals surface area contributed by atoms with E-state index in [9.17, 15) is 14.9 Å². The highest BCUT2D eigenvalue weighted by Gasteiger charge is 2.27. The maximum Gasteiger partial charge on any atom is 0.294 e. The van der Waals surface area contributed by atoms with Crippen LogP contribution in [0.15, 0.2) is 18.2 Å². The Bertz CT molecular complexity index is 645. The summed E-state index contributed by atoms with van der Waals surface area (Å²) in [6.07, 6.45) is -0.338. The van der Waals surface area contributed by atoms with Gasteiger partial charge in [-0.05, 0) is 26.0 Å². The van der Waals surface area contributed by atoms with E-state index in [4.69, 9.17) is 10.00 Å². The number of anilines is 2. The Morgan fingerprint density at radius 1 is 1.48 bits per heavy atom. The van der Waals surface area contributed by atoms with Crippen molar-refractivity contribution >= 4 is 23.0 Å². The number of benzene rings is 1. The lowest BCUT2D eigenvalue weighted by atomic mass is 10.1. The molecule has 1 aliphatic heterocycles. The number of nitrogens with zero attached hydrogens (tertiary/aromatic N) is 3. The molecule has 0 spiro atoms. The van der Waals surface area contributed by atoms with Crippen LogP contribution < -0.4 is 10.2 Å². The molecule has 1 aliphatic rings. The van der Waals surface area contributed by atoms with Crippen LogP contribution >= 0.6 is 0 Å². The minimum atomic E-state index is -0.497. The van der Waals surface area contributed by atoms with Gasteiger partial charge in [-0.1, -0.05) is 0 Å². The molecule has 1 amide bonds. The number of hydrogen-bond acceptors (Lipinski definition) is 6. The van der Waals surface area contributed by atoms with Crippen molar-refractivity contribution in [1.82, 2.24) is 0 Å². The maximum absolute atomic E-state index is 11.4. The van der Waals surface area contributed by atoms with Crippen molar-refractivity contribution in [1.29, 1.82) is 5.26 Å². The van der Waals surface area contributed by atoms with Crippen molar-refractivity contribution in [2.24, 2.45) is 0 Å². The van der Waals surface area contributed by atoms with Gasteiger partial charge in [-0.2, -0.15) is 5.26 Å². The second-order valence-corrected chi connectivity index (χ2v) is 5.51. The second kappa shape index (κ2) is 7.07. The largest absolute Gasteiger partial charge is 0.372 e. The predicted octanol–water partition coefficient (Wildman–Crippen LogP) is 2.06. The lowest BCUT2D eigenvalue weighted by molar-refractivity contribution is -0.384. The fourth-order valence-electron chi connectivity index (χ4n) is 2.67. The predicted molar refractivity (Wildman–Crippen MR) is 84.2 cm³/mol. The van der Waals surface area contributed by atoms with Crippen LogP contribution in [0.5, 0.6) is 0 Å². The third-order valence-corrected chi connectivity index (χ3v) is 3.46. The number of amides is 1. The first kappa shape index (κ1) is 16.7. The first-order chi connectivity index (χ1) is 10.9. The number of nitrogens with one attached hydrogen (secondary N) is 1. The number of carbonyl (C=O) groups excluding carboxylic acids is 1. The summed E-state index contributed by atoms with van der Waals surface area (Å²) in [5, 5.41) is 22.3. The summed E-state index contributed by atoms with van der Waals surface area (Å²) >= 11 is 0. The molecule has 0 saturated carbocycles. The number of nitro groups is 1. The van der Waals surface area contributed by atoms with E-state index in [0.717, 1.165) is 0 Å². The molecule has 0 radical (unpaired) electrons. The van der Waals surface area contributed by atoms with Crippen molar-refractivity contribution in [3.8, 4) is 6.07 Å². The lowest BCUT2D eigenvalue weighted by Gasteiger charge is -2.36. The van der Waals surface area contributed by atoms with Crippen LogP contribution in [-0.2, 0) is 9.53 Å². The van der Waals surface area contributed by atoms with Crippen LogP contribution in [0.25, 0.3) is 0 Å². The van der Waals surface area contributed by atoms with Crippen molar-refractivity contribution in [2.75, 3.05) is 23.3 Å². The summed E-state index contributed by atoms with van der Waals surface area (Å²) in [4.78, 5) is 24.3. The summed E-state index contributed by atoms with van der Waals surface area (Å²) in [6.45, 7) is 4.96. The average molecular weight is 318 g/mol. The van der Waals surface area contributed by atoms with Crippen molar-refractivity contribution in [3.05, 3.63) is 28.3 Å². The van der Waals surface area contributed by atoms with Crippen LogP contribution in [0.1, 0.15) is 20.3 Å². The van der Waals surface area contributed by atoms with Crippen LogP contribution in [0.2, 0.25) is 0 Å². The van der Waals surface area contributed by atoms with Crippen LogP contribution in [0.4, 0.5) is 17.1 Å². The van der Waals surface area contributed by atoms with Gasteiger partial charge in [0.05, 0.1) is 23.2 Å². The normalized spacial score (nSPS) is 20.7. The van der Waals surface area contributed by atoms with Gasteiger partial charge in [0.15, 0.2) is 0 Å². The minimum Gasteiger partial charge on any atom is -0.372 e. The Morgan fingerprint density at radius 2 is 2.13 bits per heavy atom. The number of hydrogen-bond donors (Lipinski definition) is 1. The Labute approximate surface area is 133 Å². The number of morpholine rings is 1. The first-order valence-corrected chi connectivity index (χ1v) is 7.26. The molecule has 122 valence electrons.